The number of hydrogen-bond acceptors (Lipinski definition) is 7. The van der Waals surface area contributed by atoms with Crippen LogP contribution in [0.15, 0.2) is 35.7 Å². The molecule has 0 fully saturated rings. The number of aromatic nitrogens is 4. The first-order chi connectivity index (χ1) is 9.13. The van der Waals surface area contributed by atoms with Gasteiger partial charge in [-0.25, -0.2) is 14.7 Å². The maximum atomic E-state index is 12.2. The van der Waals surface area contributed by atoms with Crippen molar-refractivity contribution < 1.29 is 8.42 Å². The van der Waals surface area contributed by atoms with Crippen LogP contribution in [0, 0.1) is 0 Å². The van der Waals surface area contributed by atoms with Gasteiger partial charge >= 0.3 is 0 Å². The van der Waals surface area contributed by atoms with Gasteiger partial charge in [0, 0.05) is 12.7 Å². The Kier molecular flexibility index (Phi) is 3.85. The molecule has 0 saturated heterocycles. The lowest BCUT2D eigenvalue weighted by Gasteiger charge is -2.10. The number of anilines is 2. The molecule has 2 aromatic rings. The molecule has 0 bridgehead atoms. The zero-order valence-corrected chi connectivity index (χ0v) is 10.9. The molecular weight excluding hydrogens is 268 g/mol. The van der Waals surface area contributed by atoms with Crippen molar-refractivity contribution >= 4 is 21.7 Å². The summed E-state index contributed by atoms with van der Waals surface area (Å²) in [5, 5.41) is 9.93. The van der Waals surface area contributed by atoms with Crippen LogP contribution in [0.3, 0.4) is 0 Å². The lowest BCUT2D eigenvalue weighted by Crippen LogP contribution is -2.18. The molecule has 0 atom stereocenters. The summed E-state index contributed by atoms with van der Waals surface area (Å²) in [6, 6.07) is 3.28. The van der Waals surface area contributed by atoms with E-state index in [0.717, 1.165) is 0 Å². The van der Waals surface area contributed by atoms with Crippen molar-refractivity contribution in [2.75, 3.05) is 16.6 Å². The highest BCUT2D eigenvalue weighted by Gasteiger charge is 2.21. The molecule has 0 spiro atoms. The van der Waals surface area contributed by atoms with Gasteiger partial charge in [-0.3, -0.25) is 0 Å². The number of sulfonamides is 1. The quantitative estimate of drug-likeness (QED) is 0.820. The molecule has 0 aliphatic heterocycles. The molecule has 8 nitrogen and oxygen atoms in total. The Morgan fingerprint density at radius 3 is 2.74 bits per heavy atom. The van der Waals surface area contributed by atoms with Gasteiger partial charge in [-0.2, -0.15) is 13.5 Å². The summed E-state index contributed by atoms with van der Waals surface area (Å²) in [7, 11) is -3.85. The zero-order chi connectivity index (χ0) is 13.7. The number of pyridine rings is 1. The average Bonchev–Trinajstić information content (AvgIpc) is 2.40. The van der Waals surface area contributed by atoms with Gasteiger partial charge in [0.15, 0.2) is 5.03 Å². The Morgan fingerprint density at radius 2 is 2.05 bits per heavy atom. The summed E-state index contributed by atoms with van der Waals surface area (Å²) in [4.78, 5) is 7.63. The van der Waals surface area contributed by atoms with Gasteiger partial charge in [0.2, 0.25) is 0 Å². The van der Waals surface area contributed by atoms with E-state index in [1.807, 2.05) is 6.92 Å². The molecular formula is C10H12N6O2S. The molecule has 0 unspecified atom stereocenters. The molecule has 100 valence electrons. The standard InChI is InChI=1S/C10H12N6O2S/c1-2-11-8-4-3-5-12-9(8)19(17,18)16-10-13-6-7-14-15-10/h3-7,11H,2H2,1H3,(H,13,15,16). The van der Waals surface area contributed by atoms with Crippen molar-refractivity contribution in [1.82, 2.24) is 20.2 Å². The van der Waals surface area contributed by atoms with Crippen LogP contribution in [-0.4, -0.2) is 35.1 Å². The average molecular weight is 280 g/mol. The molecule has 2 heterocycles. The van der Waals surface area contributed by atoms with E-state index in [4.69, 9.17) is 0 Å². The van der Waals surface area contributed by atoms with Gasteiger partial charge in [-0.1, -0.05) is 0 Å². The van der Waals surface area contributed by atoms with Gasteiger partial charge in [0.05, 0.1) is 18.1 Å². The minimum atomic E-state index is -3.85. The summed E-state index contributed by atoms with van der Waals surface area (Å²) in [5.41, 5.74) is 0.418. The molecule has 2 aromatic heterocycles. The van der Waals surface area contributed by atoms with E-state index in [1.165, 1.54) is 18.6 Å². The number of nitrogens with one attached hydrogen (secondary N) is 2. The zero-order valence-electron chi connectivity index (χ0n) is 10.1. The maximum Gasteiger partial charge on any atom is 0.283 e. The van der Waals surface area contributed by atoms with Crippen LogP contribution in [0.5, 0.6) is 0 Å². The van der Waals surface area contributed by atoms with Crippen molar-refractivity contribution in [2.24, 2.45) is 0 Å². The lowest BCUT2D eigenvalue weighted by atomic mass is 10.4. The van der Waals surface area contributed by atoms with Crippen LogP contribution >= 0.6 is 0 Å². The van der Waals surface area contributed by atoms with Crippen molar-refractivity contribution in [3.05, 3.63) is 30.7 Å². The summed E-state index contributed by atoms with van der Waals surface area (Å²) in [5.74, 6) is -0.101. The minimum absolute atomic E-state index is 0.101. The molecule has 0 aromatic carbocycles. The Morgan fingerprint density at radius 1 is 1.21 bits per heavy atom. The van der Waals surface area contributed by atoms with Gasteiger partial charge in [0.1, 0.15) is 0 Å². The first-order valence-corrected chi connectivity index (χ1v) is 6.97. The summed E-state index contributed by atoms with van der Waals surface area (Å²) >= 11 is 0. The monoisotopic (exact) mass is 280 g/mol. The van der Waals surface area contributed by atoms with Gasteiger partial charge < -0.3 is 5.32 Å². The fourth-order valence-corrected chi connectivity index (χ4v) is 2.45. The van der Waals surface area contributed by atoms with Crippen LogP contribution in [0.25, 0.3) is 0 Å². The summed E-state index contributed by atoms with van der Waals surface area (Å²) < 4.78 is 26.6. The Hall–Kier alpha value is -2.29. The highest BCUT2D eigenvalue weighted by molar-refractivity contribution is 7.92. The molecule has 19 heavy (non-hydrogen) atoms. The topological polar surface area (TPSA) is 110 Å². The van der Waals surface area contributed by atoms with E-state index in [2.05, 4.69) is 30.2 Å². The second-order valence-corrected chi connectivity index (χ2v) is 5.06. The lowest BCUT2D eigenvalue weighted by molar-refractivity contribution is 0.597. The molecule has 2 rings (SSSR count). The van der Waals surface area contributed by atoms with E-state index in [0.29, 0.717) is 12.2 Å². The SMILES string of the molecule is CCNc1cccnc1S(=O)(=O)Nc1nccnn1. The molecule has 0 amide bonds. The maximum absolute atomic E-state index is 12.2. The van der Waals surface area contributed by atoms with Crippen LogP contribution in [0.2, 0.25) is 0 Å². The van der Waals surface area contributed by atoms with Crippen LogP contribution in [0.1, 0.15) is 6.92 Å². The normalized spacial score (nSPS) is 11.0. The Labute approximate surface area is 110 Å². The molecule has 0 aliphatic carbocycles. The van der Waals surface area contributed by atoms with E-state index in [1.54, 1.807) is 12.1 Å². The van der Waals surface area contributed by atoms with E-state index in [-0.39, 0.29) is 11.0 Å². The Bertz CT molecular complexity index is 646. The van der Waals surface area contributed by atoms with E-state index in [9.17, 15) is 8.42 Å². The smallest absolute Gasteiger partial charge is 0.283 e. The highest BCUT2D eigenvalue weighted by Crippen LogP contribution is 2.19. The van der Waals surface area contributed by atoms with Crippen molar-refractivity contribution in [3.8, 4) is 0 Å². The third-order valence-corrected chi connectivity index (χ3v) is 3.39. The second-order valence-electron chi connectivity index (χ2n) is 3.46. The fourth-order valence-electron chi connectivity index (χ4n) is 1.39. The molecule has 0 saturated carbocycles. The van der Waals surface area contributed by atoms with Crippen LogP contribution in [0.4, 0.5) is 11.6 Å². The molecule has 0 radical (unpaired) electrons. The van der Waals surface area contributed by atoms with Gasteiger partial charge in [0.25, 0.3) is 16.0 Å². The number of rotatable bonds is 5. The summed E-state index contributed by atoms with van der Waals surface area (Å²) in [6.45, 7) is 2.44. The Balaban J connectivity index is 2.35. The predicted molar refractivity (Wildman–Crippen MR) is 69.0 cm³/mol. The van der Waals surface area contributed by atoms with Gasteiger partial charge in [-0.05, 0) is 19.1 Å². The highest BCUT2D eigenvalue weighted by atomic mass is 32.2. The van der Waals surface area contributed by atoms with Crippen molar-refractivity contribution in [3.63, 3.8) is 0 Å². The molecule has 2 N–H and O–H groups in total. The largest absolute Gasteiger partial charge is 0.383 e. The fraction of sp³-hybridized carbons (Fsp3) is 0.200. The van der Waals surface area contributed by atoms with Crippen molar-refractivity contribution in [1.29, 1.82) is 0 Å². The van der Waals surface area contributed by atoms with E-state index >= 15 is 0 Å². The van der Waals surface area contributed by atoms with Crippen LogP contribution in [-0.2, 0) is 10.0 Å². The molecule has 0 aliphatic rings. The summed E-state index contributed by atoms with van der Waals surface area (Å²) in [6.07, 6.45) is 4.09. The minimum Gasteiger partial charge on any atom is -0.383 e. The van der Waals surface area contributed by atoms with Gasteiger partial charge in [-0.15, -0.1) is 5.10 Å². The first-order valence-electron chi connectivity index (χ1n) is 5.49. The molecule has 9 heteroatoms. The number of nitrogens with zero attached hydrogens (tertiary/aromatic N) is 4. The third kappa shape index (κ3) is 3.13. The number of hydrogen-bond donors (Lipinski definition) is 2. The third-order valence-electron chi connectivity index (χ3n) is 2.10. The second kappa shape index (κ2) is 5.57. The first kappa shape index (κ1) is 13.1. The predicted octanol–water partition coefficient (Wildman–Crippen LogP) is 0.499. The van der Waals surface area contributed by atoms with Crippen molar-refractivity contribution in [2.45, 2.75) is 11.9 Å². The van der Waals surface area contributed by atoms with E-state index < -0.39 is 10.0 Å². The van der Waals surface area contributed by atoms with Crippen LogP contribution < -0.4 is 10.0 Å².